The molecule has 2 aliphatic heterocycles. The molecule has 0 aromatic heterocycles. The number of nitrogens with one attached hydrogen (secondary N) is 2. The van der Waals surface area contributed by atoms with Crippen LogP contribution in [0.1, 0.15) is 41.1 Å². The van der Waals surface area contributed by atoms with Gasteiger partial charge in [0.15, 0.2) is 0 Å². The van der Waals surface area contributed by atoms with Crippen LogP contribution in [0.15, 0.2) is 48.5 Å². The van der Waals surface area contributed by atoms with Gasteiger partial charge in [-0.3, -0.25) is 15.6 Å². The van der Waals surface area contributed by atoms with Gasteiger partial charge in [-0.05, 0) is 61.2 Å². The smallest absolute Gasteiger partial charge is 0.254 e. The van der Waals surface area contributed by atoms with E-state index in [0.717, 1.165) is 38.1 Å². The minimum atomic E-state index is 0.0866. The summed E-state index contributed by atoms with van der Waals surface area (Å²) in [6, 6.07) is 15.8. The number of rotatable bonds is 4. The van der Waals surface area contributed by atoms with Crippen molar-refractivity contribution in [3.63, 3.8) is 0 Å². The Morgan fingerprint density at radius 3 is 2.57 bits per heavy atom. The van der Waals surface area contributed by atoms with Gasteiger partial charge in [-0.2, -0.15) is 0 Å². The highest BCUT2D eigenvalue weighted by molar-refractivity contribution is 6.30. The zero-order valence-corrected chi connectivity index (χ0v) is 16.8. The van der Waals surface area contributed by atoms with Crippen LogP contribution >= 0.6 is 11.6 Å². The summed E-state index contributed by atoms with van der Waals surface area (Å²) in [5.74, 6) is 1.24. The zero-order valence-electron chi connectivity index (χ0n) is 16.0. The van der Waals surface area contributed by atoms with E-state index in [1.54, 1.807) is 19.2 Å². The minimum Gasteiger partial charge on any atom is -0.497 e. The van der Waals surface area contributed by atoms with E-state index in [0.29, 0.717) is 16.5 Å². The van der Waals surface area contributed by atoms with E-state index >= 15 is 0 Å². The quantitative estimate of drug-likeness (QED) is 0.824. The molecule has 5 nitrogen and oxygen atoms in total. The zero-order chi connectivity index (χ0) is 19.5. The molecule has 28 heavy (non-hydrogen) atoms. The van der Waals surface area contributed by atoms with Crippen LogP contribution in [-0.2, 0) is 0 Å². The van der Waals surface area contributed by atoms with Gasteiger partial charge in [0, 0.05) is 41.7 Å². The number of carbonyl (C=O) groups is 1. The van der Waals surface area contributed by atoms with Crippen molar-refractivity contribution in [1.82, 2.24) is 15.8 Å². The number of benzene rings is 2. The normalized spacial score (nSPS) is 24.9. The molecule has 2 aromatic rings. The van der Waals surface area contributed by atoms with E-state index in [-0.39, 0.29) is 18.0 Å². The largest absolute Gasteiger partial charge is 0.497 e. The van der Waals surface area contributed by atoms with E-state index in [2.05, 4.69) is 23.0 Å². The first-order valence-corrected chi connectivity index (χ1v) is 10.2. The van der Waals surface area contributed by atoms with Crippen molar-refractivity contribution in [1.29, 1.82) is 0 Å². The highest BCUT2D eigenvalue weighted by atomic mass is 35.5. The first-order chi connectivity index (χ1) is 13.7. The molecule has 0 saturated carbocycles. The highest BCUT2D eigenvalue weighted by Crippen LogP contribution is 2.32. The lowest BCUT2D eigenvalue weighted by molar-refractivity contribution is 0.0550. The third kappa shape index (κ3) is 3.88. The molecule has 2 N–H and O–H groups in total. The number of halogens is 1. The van der Waals surface area contributed by atoms with Gasteiger partial charge < -0.3 is 9.64 Å². The van der Waals surface area contributed by atoms with Crippen LogP contribution in [0, 0.1) is 0 Å². The summed E-state index contributed by atoms with van der Waals surface area (Å²) < 4.78 is 5.29. The monoisotopic (exact) mass is 399 g/mol. The molecule has 6 heteroatoms. The molecule has 4 rings (SSSR count). The molecule has 2 aliphatic rings. The van der Waals surface area contributed by atoms with Crippen LogP contribution in [0.4, 0.5) is 0 Å². The molecule has 1 amide bonds. The van der Waals surface area contributed by atoms with Crippen LogP contribution in [-0.4, -0.2) is 43.1 Å². The highest BCUT2D eigenvalue weighted by Gasteiger charge is 2.40. The van der Waals surface area contributed by atoms with Crippen LogP contribution < -0.4 is 15.6 Å². The van der Waals surface area contributed by atoms with Crippen molar-refractivity contribution in [3.05, 3.63) is 64.7 Å². The predicted octanol–water partition coefficient (Wildman–Crippen LogP) is 3.60. The third-order valence-electron chi connectivity index (χ3n) is 5.88. The molecule has 0 spiro atoms. The molecule has 0 radical (unpaired) electrons. The SMILES string of the molecule is COc1ccc(C2CNNC2C2CCCCN2C(=O)c2ccc(Cl)cc2)cc1. The Morgan fingerprint density at radius 2 is 1.86 bits per heavy atom. The molecule has 0 aliphatic carbocycles. The molecule has 0 bridgehead atoms. The summed E-state index contributed by atoms with van der Waals surface area (Å²) >= 11 is 5.99. The number of methoxy groups -OCH3 is 1. The topological polar surface area (TPSA) is 53.6 Å². The van der Waals surface area contributed by atoms with E-state index in [1.165, 1.54) is 5.56 Å². The van der Waals surface area contributed by atoms with E-state index in [4.69, 9.17) is 16.3 Å². The van der Waals surface area contributed by atoms with Crippen LogP contribution in [0.2, 0.25) is 5.02 Å². The number of hydrazine groups is 1. The predicted molar refractivity (Wildman–Crippen MR) is 111 cm³/mol. The first-order valence-electron chi connectivity index (χ1n) is 9.86. The van der Waals surface area contributed by atoms with E-state index in [1.807, 2.05) is 29.2 Å². The number of hydrogen-bond donors (Lipinski definition) is 2. The molecule has 2 aromatic carbocycles. The second-order valence-corrected chi connectivity index (χ2v) is 7.94. The number of hydrogen-bond acceptors (Lipinski definition) is 4. The first kappa shape index (κ1) is 19.2. The lowest BCUT2D eigenvalue weighted by Gasteiger charge is -2.41. The maximum atomic E-state index is 13.2. The van der Waals surface area contributed by atoms with Crippen molar-refractivity contribution >= 4 is 17.5 Å². The summed E-state index contributed by atoms with van der Waals surface area (Å²) in [7, 11) is 1.68. The Hall–Kier alpha value is -2.08. The number of ether oxygens (including phenoxy) is 1. The average Bonchev–Trinajstić information content (AvgIpc) is 3.23. The average molecular weight is 400 g/mol. The third-order valence-corrected chi connectivity index (χ3v) is 6.14. The summed E-state index contributed by atoms with van der Waals surface area (Å²) in [4.78, 5) is 15.3. The Bertz CT molecular complexity index is 810. The van der Waals surface area contributed by atoms with Crippen molar-refractivity contribution in [2.75, 3.05) is 20.2 Å². The van der Waals surface area contributed by atoms with Gasteiger partial charge >= 0.3 is 0 Å². The fraction of sp³-hybridized carbons (Fsp3) is 0.409. The van der Waals surface area contributed by atoms with Crippen molar-refractivity contribution < 1.29 is 9.53 Å². The second-order valence-electron chi connectivity index (χ2n) is 7.50. The fourth-order valence-electron chi connectivity index (χ4n) is 4.40. The standard InChI is InChI=1S/C22H26ClN3O2/c1-28-18-11-7-15(8-12-18)19-14-24-25-21(19)20-4-2-3-13-26(20)22(27)16-5-9-17(23)10-6-16/h5-12,19-21,24-25H,2-4,13-14H2,1H3. The summed E-state index contributed by atoms with van der Waals surface area (Å²) in [6.45, 7) is 1.64. The Kier molecular flexibility index (Phi) is 5.85. The number of nitrogens with zero attached hydrogens (tertiary/aromatic N) is 1. The molecule has 148 valence electrons. The van der Waals surface area contributed by atoms with Gasteiger partial charge in [0.2, 0.25) is 0 Å². The lowest BCUT2D eigenvalue weighted by Crippen LogP contribution is -2.55. The van der Waals surface area contributed by atoms with Gasteiger partial charge in [-0.15, -0.1) is 0 Å². The summed E-state index contributed by atoms with van der Waals surface area (Å²) in [5, 5.41) is 0.646. The molecule has 3 atom stereocenters. The number of piperidine rings is 1. The summed E-state index contributed by atoms with van der Waals surface area (Å²) in [6.07, 6.45) is 3.19. The Morgan fingerprint density at radius 1 is 1.11 bits per heavy atom. The van der Waals surface area contributed by atoms with Crippen molar-refractivity contribution in [2.24, 2.45) is 0 Å². The van der Waals surface area contributed by atoms with Gasteiger partial charge in [0.25, 0.3) is 5.91 Å². The summed E-state index contributed by atoms with van der Waals surface area (Å²) in [5.41, 5.74) is 8.72. The molecule has 3 unspecified atom stereocenters. The van der Waals surface area contributed by atoms with Gasteiger partial charge in [-0.25, -0.2) is 0 Å². The van der Waals surface area contributed by atoms with Crippen molar-refractivity contribution in [2.45, 2.75) is 37.3 Å². The van der Waals surface area contributed by atoms with Gasteiger partial charge in [0.1, 0.15) is 5.75 Å². The molecule has 2 fully saturated rings. The fourth-order valence-corrected chi connectivity index (χ4v) is 4.52. The second kappa shape index (κ2) is 8.52. The van der Waals surface area contributed by atoms with E-state index < -0.39 is 0 Å². The van der Waals surface area contributed by atoms with Crippen LogP contribution in [0.5, 0.6) is 5.75 Å². The molecular weight excluding hydrogens is 374 g/mol. The number of likely N-dealkylation sites (tertiary alicyclic amines) is 1. The van der Waals surface area contributed by atoms with Gasteiger partial charge in [0.05, 0.1) is 7.11 Å². The van der Waals surface area contributed by atoms with Crippen LogP contribution in [0.25, 0.3) is 0 Å². The molecule has 2 saturated heterocycles. The maximum Gasteiger partial charge on any atom is 0.254 e. The van der Waals surface area contributed by atoms with E-state index in [9.17, 15) is 4.79 Å². The van der Waals surface area contributed by atoms with Crippen molar-refractivity contribution in [3.8, 4) is 5.75 Å². The Balaban J connectivity index is 1.57. The Labute approximate surface area is 171 Å². The lowest BCUT2D eigenvalue weighted by atomic mass is 9.84. The molecular formula is C22H26ClN3O2. The van der Waals surface area contributed by atoms with Gasteiger partial charge in [-0.1, -0.05) is 23.7 Å². The maximum absolute atomic E-state index is 13.2. The van der Waals surface area contributed by atoms with Crippen LogP contribution in [0.3, 0.4) is 0 Å². The number of amides is 1. The molecule has 2 heterocycles. The number of carbonyl (C=O) groups excluding carboxylic acids is 1. The minimum absolute atomic E-state index is 0.0866.